The van der Waals surface area contributed by atoms with Crippen molar-refractivity contribution in [3.63, 3.8) is 0 Å². The maximum absolute atomic E-state index is 13.4. The van der Waals surface area contributed by atoms with Crippen molar-refractivity contribution in [2.75, 3.05) is 6.54 Å². The lowest BCUT2D eigenvalue weighted by Gasteiger charge is -2.19. The van der Waals surface area contributed by atoms with Crippen LogP contribution in [0.4, 0.5) is 4.39 Å². The lowest BCUT2D eigenvalue weighted by atomic mass is 9.98. The first-order valence-electron chi connectivity index (χ1n) is 6.05. The molecule has 1 unspecified atom stereocenters. The number of hydrogen-bond donors (Lipinski definition) is 1. The van der Waals surface area contributed by atoms with Gasteiger partial charge in [0.05, 0.1) is 11.1 Å². The van der Waals surface area contributed by atoms with E-state index in [4.69, 9.17) is 11.6 Å². The topological polar surface area (TPSA) is 12.0 Å². The number of benzene rings is 2. The fourth-order valence-electron chi connectivity index (χ4n) is 2.01. The molecular weight excluding hydrogens is 376 g/mol. The summed E-state index contributed by atoms with van der Waals surface area (Å²) in [6, 6.07) is 12.5. The van der Waals surface area contributed by atoms with Crippen molar-refractivity contribution in [2.45, 2.75) is 13.0 Å². The van der Waals surface area contributed by atoms with Crippen LogP contribution in [-0.4, -0.2) is 6.54 Å². The normalized spacial score (nSPS) is 12.4. The smallest absolute Gasteiger partial charge is 0.123 e. The van der Waals surface area contributed by atoms with Crippen LogP contribution >= 0.6 is 34.2 Å². The molecule has 0 bridgehead atoms. The molecule has 0 aromatic heterocycles. The zero-order chi connectivity index (χ0) is 13.8. The minimum absolute atomic E-state index is 0.0461. The van der Waals surface area contributed by atoms with E-state index in [0.717, 1.165) is 26.3 Å². The van der Waals surface area contributed by atoms with E-state index in [1.54, 1.807) is 12.1 Å². The molecule has 4 heteroatoms. The molecule has 0 aliphatic rings. The minimum Gasteiger partial charge on any atom is -0.307 e. The highest BCUT2D eigenvalue weighted by atomic mass is 127. The maximum Gasteiger partial charge on any atom is 0.123 e. The van der Waals surface area contributed by atoms with Crippen molar-refractivity contribution in [2.24, 2.45) is 0 Å². The molecule has 0 amide bonds. The predicted molar refractivity (Wildman–Crippen MR) is 86.1 cm³/mol. The van der Waals surface area contributed by atoms with Crippen LogP contribution in [0, 0.1) is 9.39 Å². The highest BCUT2D eigenvalue weighted by Gasteiger charge is 2.14. The Morgan fingerprint density at radius 2 is 1.95 bits per heavy atom. The first-order chi connectivity index (χ1) is 9.11. The summed E-state index contributed by atoms with van der Waals surface area (Å²) in [5, 5.41) is 4.08. The van der Waals surface area contributed by atoms with Crippen molar-refractivity contribution in [3.05, 3.63) is 68.0 Å². The van der Waals surface area contributed by atoms with Crippen molar-refractivity contribution in [1.29, 1.82) is 0 Å². The van der Waals surface area contributed by atoms with Crippen LogP contribution in [0.15, 0.2) is 42.5 Å². The third kappa shape index (κ3) is 3.68. The highest BCUT2D eigenvalue weighted by Crippen LogP contribution is 2.27. The number of hydrogen-bond acceptors (Lipinski definition) is 1. The van der Waals surface area contributed by atoms with Gasteiger partial charge in [-0.2, -0.15) is 0 Å². The third-order valence-corrected chi connectivity index (χ3v) is 4.44. The SMILES string of the molecule is CCNC(c1cccc(F)c1)c1ccc(I)c(Cl)c1. The van der Waals surface area contributed by atoms with Gasteiger partial charge in [-0.25, -0.2) is 4.39 Å². The van der Waals surface area contributed by atoms with Gasteiger partial charge in [0.1, 0.15) is 5.82 Å². The Kier molecular flexibility index (Phi) is 5.19. The second kappa shape index (κ2) is 6.68. The Balaban J connectivity index is 2.42. The minimum atomic E-state index is -0.225. The van der Waals surface area contributed by atoms with Crippen molar-refractivity contribution in [1.82, 2.24) is 5.32 Å². The molecule has 0 fully saturated rings. The molecule has 2 aromatic rings. The monoisotopic (exact) mass is 389 g/mol. The van der Waals surface area contributed by atoms with E-state index in [9.17, 15) is 4.39 Å². The molecule has 0 heterocycles. The Morgan fingerprint density at radius 1 is 1.21 bits per heavy atom. The Labute approximate surface area is 131 Å². The summed E-state index contributed by atoms with van der Waals surface area (Å²) in [6.07, 6.45) is 0. The van der Waals surface area contributed by atoms with Gasteiger partial charge in [0, 0.05) is 3.57 Å². The molecular formula is C15H14ClFIN. The molecule has 2 rings (SSSR count). The lowest BCUT2D eigenvalue weighted by molar-refractivity contribution is 0.603. The molecule has 0 aliphatic heterocycles. The summed E-state index contributed by atoms with van der Waals surface area (Å²) < 4.78 is 14.4. The molecule has 1 atom stereocenters. The molecule has 1 N–H and O–H groups in total. The second-order valence-corrected chi connectivity index (χ2v) is 5.79. The van der Waals surface area contributed by atoms with E-state index in [1.165, 1.54) is 6.07 Å². The van der Waals surface area contributed by atoms with Crippen molar-refractivity contribution in [3.8, 4) is 0 Å². The van der Waals surface area contributed by atoms with Crippen LogP contribution in [0.3, 0.4) is 0 Å². The van der Waals surface area contributed by atoms with E-state index in [2.05, 4.69) is 27.9 Å². The van der Waals surface area contributed by atoms with Crippen molar-refractivity contribution < 1.29 is 4.39 Å². The molecule has 0 spiro atoms. The molecule has 2 aromatic carbocycles. The fraction of sp³-hybridized carbons (Fsp3) is 0.200. The van der Waals surface area contributed by atoms with E-state index >= 15 is 0 Å². The van der Waals surface area contributed by atoms with Crippen molar-refractivity contribution >= 4 is 34.2 Å². The number of rotatable bonds is 4. The van der Waals surface area contributed by atoms with E-state index < -0.39 is 0 Å². The number of nitrogens with one attached hydrogen (secondary N) is 1. The molecule has 19 heavy (non-hydrogen) atoms. The van der Waals surface area contributed by atoms with Gasteiger partial charge in [0.2, 0.25) is 0 Å². The zero-order valence-corrected chi connectivity index (χ0v) is 13.4. The average molecular weight is 390 g/mol. The Hall–Kier alpha value is -0.650. The molecule has 0 radical (unpaired) electrons. The summed E-state index contributed by atoms with van der Waals surface area (Å²) in [7, 11) is 0. The summed E-state index contributed by atoms with van der Waals surface area (Å²) in [6.45, 7) is 2.82. The van der Waals surface area contributed by atoms with Gasteiger partial charge in [-0.15, -0.1) is 0 Å². The Bertz CT molecular complexity index is 574. The highest BCUT2D eigenvalue weighted by molar-refractivity contribution is 14.1. The molecule has 0 saturated carbocycles. The first kappa shape index (κ1) is 14.8. The largest absolute Gasteiger partial charge is 0.307 e. The van der Waals surface area contributed by atoms with Crippen LogP contribution in [0.2, 0.25) is 5.02 Å². The summed E-state index contributed by atoms with van der Waals surface area (Å²) in [5.41, 5.74) is 1.94. The average Bonchev–Trinajstić information content (AvgIpc) is 2.39. The standard InChI is InChI=1S/C15H14ClFIN/c1-2-19-15(10-4-3-5-12(17)8-10)11-6-7-14(18)13(16)9-11/h3-9,15,19H,2H2,1H3. The van der Waals surface area contributed by atoms with Crippen LogP contribution < -0.4 is 5.32 Å². The van der Waals surface area contributed by atoms with Gasteiger partial charge in [0.25, 0.3) is 0 Å². The zero-order valence-electron chi connectivity index (χ0n) is 10.5. The third-order valence-electron chi connectivity index (χ3n) is 2.87. The van der Waals surface area contributed by atoms with Gasteiger partial charge < -0.3 is 5.32 Å². The summed E-state index contributed by atoms with van der Waals surface area (Å²) in [4.78, 5) is 0. The van der Waals surface area contributed by atoms with Crippen LogP contribution in [0.1, 0.15) is 24.1 Å². The second-order valence-electron chi connectivity index (χ2n) is 4.22. The van der Waals surface area contributed by atoms with Gasteiger partial charge in [0.15, 0.2) is 0 Å². The molecule has 1 nitrogen and oxygen atoms in total. The molecule has 100 valence electrons. The predicted octanol–water partition coefficient (Wildman–Crippen LogP) is 4.78. The van der Waals surface area contributed by atoms with Crippen LogP contribution in [-0.2, 0) is 0 Å². The summed E-state index contributed by atoms with van der Waals surface area (Å²) >= 11 is 8.36. The lowest BCUT2D eigenvalue weighted by Crippen LogP contribution is -2.22. The quantitative estimate of drug-likeness (QED) is 0.742. The van der Waals surface area contributed by atoms with E-state index in [0.29, 0.717) is 0 Å². The van der Waals surface area contributed by atoms with Gasteiger partial charge >= 0.3 is 0 Å². The van der Waals surface area contributed by atoms with Gasteiger partial charge in [-0.3, -0.25) is 0 Å². The van der Waals surface area contributed by atoms with Crippen LogP contribution in [0.25, 0.3) is 0 Å². The van der Waals surface area contributed by atoms with Gasteiger partial charge in [-0.05, 0) is 64.5 Å². The van der Waals surface area contributed by atoms with Gasteiger partial charge in [-0.1, -0.05) is 36.7 Å². The first-order valence-corrected chi connectivity index (χ1v) is 7.51. The van der Waals surface area contributed by atoms with E-state index in [1.807, 2.05) is 31.2 Å². The maximum atomic E-state index is 13.4. The fourth-order valence-corrected chi connectivity index (χ4v) is 2.53. The van der Waals surface area contributed by atoms with E-state index in [-0.39, 0.29) is 11.9 Å². The number of halogens is 3. The van der Waals surface area contributed by atoms with Crippen LogP contribution in [0.5, 0.6) is 0 Å². The Morgan fingerprint density at radius 3 is 2.58 bits per heavy atom. The molecule has 0 aliphatic carbocycles. The summed E-state index contributed by atoms with van der Waals surface area (Å²) in [5.74, 6) is -0.225. The molecule has 0 saturated heterocycles.